The van der Waals surface area contributed by atoms with E-state index >= 15 is 0 Å². The second-order valence-corrected chi connectivity index (χ2v) is 5.53. The van der Waals surface area contributed by atoms with Crippen LogP contribution in [0.3, 0.4) is 0 Å². The lowest BCUT2D eigenvalue weighted by molar-refractivity contribution is -0.137. The first-order chi connectivity index (χ1) is 9.74. The summed E-state index contributed by atoms with van der Waals surface area (Å²) < 4.78 is 0. The van der Waals surface area contributed by atoms with E-state index in [2.05, 4.69) is 15.8 Å². The maximum atomic E-state index is 11.6. The molecule has 0 aromatic carbocycles. The van der Waals surface area contributed by atoms with Crippen LogP contribution in [0.1, 0.15) is 33.6 Å². The van der Waals surface area contributed by atoms with Gasteiger partial charge in [-0.2, -0.15) is 0 Å². The van der Waals surface area contributed by atoms with Crippen LogP contribution in [0, 0.1) is 5.41 Å². The fourth-order valence-corrected chi connectivity index (χ4v) is 1.36. The maximum Gasteiger partial charge on any atom is 0.249 e. The Morgan fingerprint density at radius 2 is 1.76 bits per heavy atom. The minimum absolute atomic E-state index is 0.0767. The Hall–Kier alpha value is -1.67. The molecular formula is C13H25N3O5. The first-order valence-corrected chi connectivity index (χ1v) is 6.75. The summed E-state index contributed by atoms with van der Waals surface area (Å²) in [5.74, 6) is -0.873. The number of carbonyl (C=O) groups is 2. The molecule has 2 amide bonds. The molecule has 0 aromatic heterocycles. The van der Waals surface area contributed by atoms with Crippen LogP contribution in [-0.2, 0) is 9.59 Å². The highest BCUT2D eigenvalue weighted by atomic mass is 16.4. The van der Waals surface area contributed by atoms with Gasteiger partial charge in [0.25, 0.3) is 0 Å². The van der Waals surface area contributed by atoms with E-state index in [1.54, 1.807) is 20.8 Å². The number of hydrogen-bond donors (Lipinski definition) is 5. The van der Waals surface area contributed by atoms with Gasteiger partial charge < -0.3 is 26.1 Å². The Morgan fingerprint density at radius 1 is 1.19 bits per heavy atom. The first kappa shape index (κ1) is 19.3. The number of aliphatic hydroxyl groups is 2. The van der Waals surface area contributed by atoms with Crippen LogP contribution in [0.5, 0.6) is 0 Å². The van der Waals surface area contributed by atoms with Gasteiger partial charge in [-0.1, -0.05) is 19.0 Å². The van der Waals surface area contributed by atoms with E-state index in [-0.39, 0.29) is 25.5 Å². The highest BCUT2D eigenvalue weighted by Gasteiger charge is 2.32. The molecule has 0 aliphatic heterocycles. The van der Waals surface area contributed by atoms with E-state index in [9.17, 15) is 14.7 Å². The second kappa shape index (κ2) is 9.30. The monoisotopic (exact) mass is 303 g/mol. The highest BCUT2D eigenvalue weighted by Crippen LogP contribution is 2.19. The Labute approximate surface area is 124 Å². The molecule has 0 rings (SSSR count). The van der Waals surface area contributed by atoms with Gasteiger partial charge in [-0.3, -0.25) is 9.59 Å². The first-order valence-electron chi connectivity index (χ1n) is 6.75. The summed E-state index contributed by atoms with van der Waals surface area (Å²) >= 11 is 0. The summed E-state index contributed by atoms with van der Waals surface area (Å²) in [5, 5.41) is 35.2. The maximum absolute atomic E-state index is 11.6. The molecule has 0 saturated heterocycles. The van der Waals surface area contributed by atoms with E-state index in [0.29, 0.717) is 18.7 Å². The average molecular weight is 303 g/mol. The molecule has 0 heterocycles. The van der Waals surface area contributed by atoms with Crippen molar-refractivity contribution in [1.29, 1.82) is 0 Å². The molecule has 0 saturated carbocycles. The predicted octanol–water partition coefficient (Wildman–Crippen LogP) is -0.771. The van der Waals surface area contributed by atoms with Crippen molar-refractivity contribution in [1.82, 2.24) is 10.6 Å². The van der Waals surface area contributed by atoms with Crippen LogP contribution in [0.2, 0.25) is 0 Å². The zero-order chi connectivity index (χ0) is 16.5. The predicted molar refractivity (Wildman–Crippen MR) is 77.0 cm³/mol. The number of hydrogen-bond acceptors (Lipinski definition) is 6. The number of carbonyl (C=O) groups excluding carboxylic acids is 2. The summed E-state index contributed by atoms with van der Waals surface area (Å²) in [5.41, 5.74) is -0.425. The van der Waals surface area contributed by atoms with Gasteiger partial charge in [0.1, 0.15) is 6.10 Å². The smallest absolute Gasteiger partial charge is 0.249 e. The molecule has 0 aromatic rings. The topological polar surface area (TPSA) is 131 Å². The molecule has 1 atom stereocenters. The van der Waals surface area contributed by atoms with Crippen molar-refractivity contribution in [2.45, 2.75) is 39.7 Å². The van der Waals surface area contributed by atoms with Crippen LogP contribution >= 0.6 is 0 Å². The largest absolute Gasteiger partial charge is 0.411 e. The van der Waals surface area contributed by atoms with E-state index in [1.165, 1.54) is 0 Å². The minimum Gasteiger partial charge on any atom is -0.411 e. The van der Waals surface area contributed by atoms with Crippen molar-refractivity contribution in [2.24, 2.45) is 10.6 Å². The Morgan fingerprint density at radius 3 is 2.29 bits per heavy atom. The van der Waals surface area contributed by atoms with E-state index < -0.39 is 17.4 Å². The zero-order valence-electron chi connectivity index (χ0n) is 12.7. The molecule has 0 fully saturated rings. The lowest BCUT2D eigenvalue weighted by Crippen LogP contribution is -2.46. The van der Waals surface area contributed by atoms with Gasteiger partial charge in [0.2, 0.25) is 11.8 Å². The number of nitrogens with zero attached hydrogens (tertiary/aromatic N) is 1. The summed E-state index contributed by atoms with van der Waals surface area (Å²) in [6, 6.07) is 0. The Kier molecular flexibility index (Phi) is 8.56. The van der Waals surface area contributed by atoms with Crippen LogP contribution in [0.15, 0.2) is 5.16 Å². The molecule has 8 heteroatoms. The fraction of sp³-hybridized carbons (Fsp3) is 0.769. The van der Waals surface area contributed by atoms with Gasteiger partial charge >= 0.3 is 0 Å². The van der Waals surface area contributed by atoms with Crippen LogP contribution in [0.25, 0.3) is 0 Å². The van der Waals surface area contributed by atoms with E-state index in [1.807, 2.05) is 0 Å². The van der Waals surface area contributed by atoms with Crippen molar-refractivity contribution in [3.8, 4) is 0 Å². The van der Waals surface area contributed by atoms with Gasteiger partial charge in [-0.15, -0.1) is 0 Å². The minimum atomic E-state index is -1.34. The molecule has 0 spiro atoms. The van der Waals surface area contributed by atoms with Crippen LogP contribution in [0.4, 0.5) is 0 Å². The van der Waals surface area contributed by atoms with Crippen molar-refractivity contribution in [2.75, 3.05) is 19.7 Å². The molecule has 8 nitrogen and oxygen atoms in total. The van der Waals surface area contributed by atoms with Crippen molar-refractivity contribution >= 4 is 17.5 Å². The zero-order valence-corrected chi connectivity index (χ0v) is 12.7. The molecule has 0 bridgehead atoms. The number of oxime groups is 1. The van der Waals surface area contributed by atoms with E-state index in [4.69, 9.17) is 10.3 Å². The molecule has 0 aliphatic carbocycles. The summed E-state index contributed by atoms with van der Waals surface area (Å²) in [6.07, 6.45) is -0.820. The summed E-state index contributed by atoms with van der Waals surface area (Å²) in [6.45, 7) is 4.88. The normalized spacial score (nSPS) is 13.7. The average Bonchev–Trinajstić information content (AvgIpc) is 2.45. The van der Waals surface area contributed by atoms with Crippen molar-refractivity contribution in [3.63, 3.8) is 0 Å². The van der Waals surface area contributed by atoms with Gasteiger partial charge in [-0.25, -0.2) is 0 Å². The van der Waals surface area contributed by atoms with Gasteiger partial charge in [0, 0.05) is 31.3 Å². The molecule has 21 heavy (non-hydrogen) atoms. The summed E-state index contributed by atoms with van der Waals surface area (Å²) in [7, 11) is 0. The number of rotatable bonds is 9. The third kappa shape index (κ3) is 7.62. The highest BCUT2D eigenvalue weighted by molar-refractivity contribution is 5.83. The molecule has 122 valence electrons. The molecule has 0 aliphatic rings. The lowest BCUT2D eigenvalue weighted by atomic mass is 9.87. The number of amides is 2. The van der Waals surface area contributed by atoms with Gasteiger partial charge in [0.15, 0.2) is 0 Å². The molecule has 5 N–H and O–H groups in total. The Bertz CT molecular complexity index is 382. The standard InChI is InChI=1S/C13H25N3O5/c1-9(16-21)4-6-14-10(18)5-7-15-12(20)11(19)13(2,3)8-17/h11,17,19,21H,4-8H2,1-3H3,(H,14,18)(H,15,20)/b16-9+/t11-/m1/s1. The van der Waals surface area contributed by atoms with Gasteiger partial charge in [-0.05, 0) is 6.92 Å². The van der Waals surface area contributed by atoms with Crippen molar-refractivity contribution in [3.05, 3.63) is 0 Å². The SMILES string of the molecule is C/C(CCNC(=O)CCNC(=O)[C@@H](O)C(C)(C)CO)=N\O. The fourth-order valence-electron chi connectivity index (χ4n) is 1.36. The third-order valence-corrected chi connectivity index (χ3v) is 3.03. The van der Waals surface area contributed by atoms with Crippen LogP contribution in [-0.4, -0.2) is 58.7 Å². The molecular weight excluding hydrogens is 278 g/mol. The van der Waals surface area contributed by atoms with Crippen molar-refractivity contribution < 1.29 is 25.0 Å². The molecule has 0 radical (unpaired) electrons. The number of aliphatic hydroxyl groups excluding tert-OH is 2. The second-order valence-electron chi connectivity index (χ2n) is 5.53. The molecule has 0 unspecified atom stereocenters. The third-order valence-electron chi connectivity index (χ3n) is 3.03. The van der Waals surface area contributed by atoms with Crippen LogP contribution < -0.4 is 10.6 Å². The lowest BCUT2D eigenvalue weighted by Gasteiger charge is -2.27. The Balaban J connectivity index is 3.93. The quantitative estimate of drug-likeness (QED) is 0.217. The summed E-state index contributed by atoms with van der Waals surface area (Å²) in [4.78, 5) is 23.1. The van der Waals surface area contributed by atoms with Gasteiger partial charge in [0.05, 0.1) is 12.3 Å². The van der Waals surface area contributed by atoms with E-state index in [0.717, 1.165) is 0 Å². The number of nitrogens with one attached hydrogen (secondary N) is 2.